The van der Waals surface area contributed by atoms with Gasteiger partial charge in [0, 0.05) is 5.69 Å². The largest absolute Gasteiger partial charge is 0.418 e. The summed E-state index contributed by atoms with van der Waals surface area (Å²) in [6, 6.07) is 10.6. The first kappa shape index (κ1) is 16.0. The van der Waals surface area contributed by atoms with E-state index in [-0.39, 0.29) is 11.0 Å². The van der Waals surface area contributed by atoms with Crippen LogP contribution in [0.5, 0.6) is 0 Å². The van der Waals surface area contributed by atoms with Crippen molar-refractivity contribution < 1.29 is 13.2 Å². The molecule has 3 aromatic rings. The van der Waals surface area contributed by atoms with Crippen LogP contribution in [0.4, 0.5) is 18.9 Å². The van der Waals surface area contributed by atoms with E-state index < -0.39 is 29.0 Å². The number of benzene rings is 2. The third kappa shape index (κ3) is 2.73. The molecular weight excluding hydrogens is 319 g/mol. The molecule has 2 N–H and O–H groups in total. The summed E-state index contributed by atoms with van der Waals surface area (Å²) in [7, 11) is 0. The zero-order chi connectivity index (χ0) is 17.5. The van der Waals surface area contributed by atoms with Crippen molar-refractivity contribution in [3.8, 4) is 0 Å². The molecule has 0 saturated heterocycles. The lowest BCUT2D eigenvalue weighted by molar-refractivity contribution is -0.136. The average molecular weight is 333 g/mol. The number of aromatic nitrogens is 2. The fourth-order valence-corrected chi connectivity index (χ4v) is 2.72. The van der Waals surface area contributed by atoms with E-state index in [9.17, 15) is 18.0 Å². The molecule has 0 aliphatic carbocycles. The van der Waals surface area contributed by atoms with E-state index in [0.29, 0.717) is 0 Å². The van der Waals surface area contributed by atoms with Gasteiger partial charge in [-0.2, -0.15) is 13.2 Å². The Balaban J connectivity index is 2.31. The van der Waals surface area contributed by atoms with Gasteiger partial charge < -0.3 is 5.73 Å². The van der Waals surface area contributed by atoms with Gasteiger partial charge in [-0.1, -0.05) is 30.3 Å². The minimum Gasteiger partial charge on any atom is -0.398 e. The molecule has 3 rings (SSSR count). The molecule has 1 heterocycles. The lowest BCUT2D eigenvalue weighted by Crippen LogP contribution is -2.25. The highest BCUT2D eigenvalue weighted by Gasteiger charge is 2.34. The van der Waals surface area contributed by atoms with Crippen molar-refractivity contribution in [3.05, 3.63) is 70.1 Å². The molecule has 0 fully saturated rings. The summed E-state index contributed by atoms with van der Waals surface area (Å²) in [5, 5.41) is 0. The maximum atomic E-state index is 13.1. The van der Waals surface area contributed by atoms with Gasteiger partial charge in [-0.25, -0.2) is 4.98 Å². The Morgan fingerprint density at radius 1 is 1.17 bits per heavy atom. The van der Waals surface area contributed by atoms with E-state index in [0.717, 1.165) is 23.9 Å². The summed E-state index contributed by atoms with van der Waals surface area (Å²) >= 11 is 0. The lowest BCUT2D eigenvalue weighted by Gasteiger charge is -2.19. The Kier molecular flexibility index (Phi) is 3.79. The molecule has 7 heteroatoms. The molecule has 1 atom stereocenters. The minimum absolute atomic E-state index is 0.0976. The van der Waals surface area contributed by atoms with Crippen LogP contribution in [0.3, 0.4) is 0 Å². The molecule has 0 aliphatic heterocycles. The molecule has 124 valence electrons. The van der Waals surface area contributed by atoms with Crippen molar-refractivity contribution in [1.29, 1.82) is 0 Å². The van der Waals surface area contributed by atoms with E-state index in [1.165, 1.54) is 4.57 Å². The van der Waals surface area contributed by atoms with Crippen LogP contribution in [-0.2, 0) is 6.18 Å². The Morgan fingerprint density at radius 2 is 1.83 bits per heavy atom. The lowest BCUT2D eigenvalue weighted by atomic mass is 10.1. The first-order chi connectivity index (χ1) is 11.3. The van der Waals surface area contributed by atoms with Gasteiger partial charge in [0.05, 0.1) is 28.8 Å². The Hall–Kier alpha value is -2.83. The van der Waals surface area contributed by atoms with Crippen LogP contribution in [0.15, 0.2) is 53.5 Å². The second-order valence-corrected chi connectivity index (χ2v) is 5.48. The van der Waals surface area contributed by atoms with Crippen molar-refractivity contribution in [2.45, 2.75) is 19.1 Å². The number of fused-ring (bicyclic) bond motifs is 1. The van der Waals surface area contributed by atoms with Gasteiger partial charge in [0.25, 0.3) is 5.56 Å². The Labute approximate surface area is 135 Å². The van der Waals surface area contributed by atoms with E-state index in [1.54, 1.807) is 19.1 Å². The highest BCUT2D eigenvalue weighted by atomic mass is 19.4. The van der Waals surface area contributed by atoms with Gasteiger partial charge in [-0.3, -0.25) is 9.36 Å². The highest BCUT2D eigenvalue weighted by Crippen LogP contribution is 2.36. The first-order valence-corrected chi connectivity index (χ1v) is 7.22. The Morgan fingerprint density at radius 3 is 2.46 bits per heavy atom. The van der Waals surface area contributed by atoms with E-state index in [4.69, 9.17) is 5.73 Å². The number of rotatable bonds is 2. The second-order valence-electron chi connectivity index (χ2n) is 5.48. The standard InChI is InChI=1S/C17H14F3N3O/c1-10(11-5-3-2-4-6-11)23-15-7-12(17(18,19)20)13(21)8-14(15)22-9-16(23)24/h2-10H,21H2,1H3/t10-/m0/s1. The Bertz CT molecular complexity index is 949. The quantitative estimate of drug-likeness (QED) is 0.729. The predicted octanol–water partition coefficient (Wildman–Crippen LogP) is 3.61. The highest BCUT2D eigenvalue weighted by molar-refractivity contribution is 5.81. The molecule has 0 aliphatic rings. The van der Waals surface area contributed by atoms with Crippen LogP contribution in [0, 0.1) is 0 Å². The topological polar surface area (TPSA) is 60.9 Å². The predicted molar refractivity (Wildman–Crippen MR) is 85.7 cm³/mol. The summed E-state index contributed by atoms with van der Waals surface area (Å²) in [5.74, 6) is 0. The molecule has 0 radical (unpaired) electrons. The molecule has 0 spiro atoms. The molecule has 0 saturated carbocycles. The fraction of sp³-hybridized carbons (Fsp3) is 0.176. The zero-order valence-corrected chi connectivity index (χ0v) is 12.7. The van der Waals surface area contributed by atoms with Crippen LogP contribution >= 0.6 is 0 Å². The molecule has 0 bridgehead atoms. The molecule has 2 aromatic carbocycles. The number of nitrogens with two attached hydrogens (primary N) is 1. The maximum Gasteiger partial charge on any atom is 0.418 e. The van der Waals surface area contributed by atoms with Crippen LogP contribution in [-0.4, -0.2) is 9.55 Å². The summed E-state index contributed by atoms with van der Waals surface area (Å²) in [6.07, 6.45) is -3.51. The number of hydrogen-bond acceptors (Lipinski definition) is 3. The van der Waals surface area contributed by atoms with Gasteiger partial charge in [0.15, 0.2) is 0 Å². The van der Waals surface area contributed by atoms with Gasteiger partial charge in [-0.15, -0.1) is 0 Å². The van der Waals surface area contributed by atoms with Gasteiger partial charge >= 0.3 is 6.18 Å². The molecule has 1 aromatic heterocycles. The summed E-state index contributed by atoms with van der Waals surface area (Å²) in [4.78, 5) is 16.2. The summed E-state index contributed by atoms with van der Waals surface area (Å²) in [5.41, 5.74) is 4.77. The van der Waals surface area contributed by atoms with Crippen molar-refractivity contribution >= 4 is 16.7 Å². The second kappa shape index (κ2) is 5.67. The van der Waals surface area contributed by atoms with Crippen molar-refractivity contribution in [2.75, 3.05) is 5.73 Å². The van der Waals surface area contributed by atoms with Crippen LogP contribution in [0.1, 0.15) is 24.1 Å². The molecule has 0 amide bonds. The van der Waals surface area contributed by atoms with Crippen molar-refractivity contribution in [3.63, 3.8) is 0 Å². The van der Waals surface area contributed by atoms with E-state index in [2.05, 4.69) is 4.98 Å². The van der Waals surface area contributed by atoms with Crippen molar-refractivity contribution in [2.24, 2.45) is 0 Å². The third-order valence-corrected chi connectivity index (χ3v) is 3.93. The first-order valence-electron chi connectivity index (χ1n) is 7.22. The molecule has 24 heavy (non-hydrogen) atoms. The van der Waals surface area contributed by atoms with Crippen LogP contribution in [0.25, 0.3) is 11.0 Å². The average Bonchev–Trinajstić information content (AvgIpc) is 2.54. The van der Waals surface area contributed by atoms with Gasteiger partial charge in [0.1, 0.15) is 0 Å². The van der Waals surface area contributed by atoms with Crippen LogP contribution in [0.2, 0.25) is 0 Å². The van der Waals surface area contributed by atoms with Crippen molar-refractivity contribution in [1.82, 2.24) is 9.55 Å². The van der Waals surface area contributed by atoms with Crippen LogP contribution < -0.4 is 11.3 Å². The number of nitrogen functional groups attached to an aromatic ring is 1. The normalized spacial score (nSPS) is 13.2. The fourth-order valence-electron chi connectivity index (χ4n) is 2.72. The number of nitrogens with zero attached hydrogens (tertiary/aromatic N) is 2. The maximum absolute atomic E-state index is 13.1. The third-order valence-electron chi connectivity index (χ3n) is 3.93. The number of hydrogen-bond donors (Lipinski definition) is 1. The monoisotopic (exact) mass is 333 g/mol. The SMILES string of the molecule is C[C@@H](c1ccccc1)n1c(=O)cnc2cc(N)c(C(F)(F)F)cc21. The number of anilines is 1. The smallest absolute Gasteiger partial charge is 0.398 e. The summed E-state index contributed by atoms with van der Waals surface area (Å²) < 4.78 is 40.7. The summed E-state index contributed by atoms with van der Waals surface area (Å²) in [6.45, 7) is 1.75. The minimum atomic E-state index is -4.61. The molecular formula is C17H14F3N3O. The van der Waals surface area contributed by atoms with Gasteiger partial charge in [0.2, 0.25) is 0 Å². The van der Waals surface area contributed by atoms with E-state index >= 15 is 0 Å². The van der Waals surface area contributed by atoms with E-state index in [1.807, 2.05) is 18.2 Å². The molecule has 4 nitrogen and oxygen atoms in total. The number of halogens is 3. The van der Waals surface area contributed by atoms with Gasteiger partial charge in [-0.05, 0) is 24.6 Å². The number of alkyl halides is 3. The zero-order valence-electron chi connectivity index (χ0n) is 12.7. The molecule has 0 unspecified atom stereocenters.